The predicted molar refractivity (Wildman–Crippen MR) is 137 cm³/mol. The second kappa shape index (κ2) is 11.5. The zero-order valence-corrected chi connectivity index (χ0v) is 20.2. The minimum Gasteiger partial charge on any atom is -0.307 e. The minimum absolute atomic E-state index is 0.00803. The van der Waals surface area contributed by atoms with Gasteiger partial charge in [0.15, 0.2) is 0 Å². The topological polar surface area (TPSA) is 41.0 Å². The Bertz CT molecular complexity index is 1260. The Morgan fingerprint density at radius 3 is 2.33 bits per heavy atom. The van der Waals surface area contributed by atoms with Crippen LogP contribution in [0.1, 0.15) is 52.5 Å². The molecule has 0 saturated carbocycles. The fraction of sp³-hybridized carbons (Fsp3) is 0.267. The van der Waals surface area contributed by atoms with E-state index in [1.54, 1.807) is 6.20 Å². The van der Waals surface area contributed by atoms with Crippen molar-refractivity contribution in [3.05, 3.63) is 130 Å². The lowest BCUT2D eigenvalue weighted by Gasteiger charge is -2.35. The molecule has 2 aromatic carbocycles. The first-order valence-electron chi connectivity index (χ1n) is 12.5. The summed E-state index contributed by atoms with van der Waals surface area (Å²) in [6, 6.07) is 22.5. The van der Waals surface area contributed by atoms with Crippen molar-refractivity contribution in [2.45, 2.75) is 51.5 Å². The molecule has 0 radical (unpaired) electrons. The summed E-state index contributed by atoms with van der Waals surface area (Å²) in [6.07, 6.45) is 6.54. The average Bonchev–Trinajstić information content (AvgIpc) is 2.91. The van der Waals surface area contributed by atoms with E-state index in [-0.39, 0.29) is 18.2 Å². The van der Waals surface area contributed by atoms with Crippen LogP contribution in [0.2, 0.25) is 0 Å². The standard InChI is InChI=1S/C30H30F2N4/c31-27-9-4-10-28(32)26(27)21-36(29-11-3-6-24-7-5-17-35-30(24)29)20-23-14-12-22(13-15-23)18-33-19-25-8-1-2-16-34-25/h1-2,4-5,7-10,12-17,29,33H,3,6,11,18-21H2. The number of hydrogen-bond acceptors (Lipinski definition) is 4. The van der Waals surface area contributed by atoms with Gasteiger partial charge in [0.05, 0.1) is 17.4 Å². The highest BCUT2D eigenvalue weighted by Crippen LogP contribution is 2.35. The monoisotopic (exact) mass is 484 g/mol. The molecule has 0 spiro atoms. The zero-order chi connectivity index (χ0) is 24.7. The molecule has 0 fully saturated rings. The third-order valence-electron chi connectivity index (χ3n) is 6.80. The van der Waals surface area contributed by atoms with Gasteiger partial charge in [0, 0.05) is 44.1 Å². The maximum absolute atomic E-state index is 14.6. The molecule has 1 aliphatic rings. The number of fused-ring (bicyclic) bond motifs is 1. The Labute approximate surface area is 211 Å². The first kappa shape index (κ1) is 24.2. The van der Waals surface area contributed by atoms with E-state index >= 15 is 0 Å². The van der Waals surface area contributed by atoms with Crippen LogP contribution < -0.4 is 5.32 Å². The van der Waals surface area contributed by atoms with Crippen LogP contribution in [-0.4, -0.2) is 14.9 Å². The number of rotatable bonds is 9. The van der Waals surface area contributed by atoms with Crippen molar-refractivity contribution in [2.24, 2.45) is 0 Å². The first-order valence-corrected chi connectivity index (χ1v) is 12.5. The minimum atomic E-state index is -0.508. The summed E-state index contributed by atoms with van der Waals surface area (Å²) in [7, 11) is 0. The van der Waals surface area contributed by atoms with Gasteiger partial charge in [0.1, 0.15) is 11.6 Å². The Hall–Kier alpha value is -3.48. The maximum atomic E-state index is 14.6. The molecular formula is C30H30F2N4. The van der Waals surface area contributed by atoms with Gasteiger partial charge >= 0.3 is 0 Å². The van der Waals surface area contributed by atoms with Gasteiger partial charge in [-0.3, -0.25) is 14.9 Å². The quantitative estimate of drug-likeness (QED) is 0.311. The molecule has 184 valence electrons. The normalized spacial score (nSPS) is 15.1. The van der Waals surface area contributed by atoms with Gasteiger partial charge in [-0.1, -0.05) is 42.5 Å². The fourth-order valence-corrected chi connectivity index (χ4v) is 4.94. The van der Waals surface area contributed by atoms with Crippen molar-refractivity contribution in [1.82, 2.24) is 20.2 Å². The summed E-state index contributed by atoms with van der Waals surface area (Å²) >= 11 is 0. The van der Waals surface area contributed by atoms with Gasteiger partial charge in [-0.2, -0.15) is 0 Å². The molecular weight excluding hydrogens is 454 g/mol. The molecule has 2 heterocycles. The molecule has 2 aromatic heterocycles. The summed E-state index contributed by atoms with van der Waals surface area (Å²) < 4.78 is 29.2. The number of nitrogens with zero attached hydrogens (tertiary/aromatic N) is 3. The first-order chi connectivity index (χ1) is 17.7. The molecule has 0 amide bonds. The lowest BCUT2D eigenvalue weighted by molar-refractivity contribution is 0.153. The van der Waals surface area contributed by atoms with Gasteiger partial charge in [0.25, 0.3) is 0 Å². The summed E-state index contributed by atoms with van der Waals surface area (Å²) in [4.78, 5) is 11.2. The Kier molecular flexibility index (Phi) is 7.74. The van der Waals surface area contributed by atoms with Crippen LogP contribution in [0.3, 0.4) is 0 Å². The SMILES string of the molecule is Fc1cccc(F)c1CN(Cc1ccc(CNCc2ccccn2)cc1)C1CCCc2cccnc21. The zero-order valence-electron chi connectivity index (χ0n) is 20.2. The summed E-state index contributed by atoms with van der Waals surface area (Å²) in [5.74, 6) is -1.02. The van der Waals surface area contributed by atoms with E-state index in [4.69, 9.17) is 0 Å². The van der Waals surface area contributed by atoms with E-state index in [0.717, 1.165) is 42.8 Å². The van der Waals surface area contributed by atoms with Crippen LogP contribution >= 0.6 is 0 Å². The third-order valence-corrected chi connectivity index (χ3v) is 6.80. The number of aryl methyl sites for hydroxylation is 1. The summed E-state index contributed by atoms with van der Waals surface area (Å²) in [5.41, 5.74) is 5.63. The van der Waals surface area contributed by atoms with Gasteiger partial charge in [-0.15, -0.1) is 0 Å². The van der Waals surface area contributed by atoms with Gasteiger partial charge < -0.3 is 5.32 Å². The Morgan fingerprint density at radius 1 is 0.778 bits per heavy atom. The van der Waals surface area contributed by atoms with Crippen LogP contribution in [0.4, 0.5) is 8.78 Å². The largest absolute Gasteiger partial charge is 0.307 e. The molecule has 0 aliphatic heterocycles. The molecule has 5 rings (SSSR count). The molecule has 36 heavy (non-hydrogen) atoms. The highest BCUT2D eigenvalue weighted by molar-refractivity contribution is 5.28. The molecule has 4 nitrogen and oxygen atoms in total. The molecule has 1 atom stereocenters. The van der Waals surface area contributed by atoms with Crippen molar-refractivity contribution in [2.75, 3.05) is 0 Å². The summed E-state index contributed by atoms with van der Waals surface area (Å²) in [5, 5.41) is 3.42. The van der Waals surface area contributed by atoms with E-state index in [9.17, 15) is 8.78 Å². The van der Waals surface area contributed by atoms with E-state index < -0.39 is 11.6 Å². The number of aromatic nitrogens is 2. The van der Waals surface area contributed by atoms with Crippen LogP contribution in [0.15, 0.2) is 85.2 Å². The van der Waals surface area contributed by atoms with Crippen LogP contribution in [0.5, 0.6) is 0 Å². The van der Waals surface area contributed by atoms with Gasteiger partial charge in [-0.05, 0) is 66.3 Å². The second-order valence-corrected chi connectivity index (χ2v) is 9.30. The van der Waals surface area contributed by atoms with Gasteiger partial charge in [0.2, 0.25) is 0 Å². The van der Waals surface area contributed by atoms with Crippen LogP contribution in [0.25, 0.3) is 0 Å². The van der Waals surface area contributed by atoms with E-state index in [1.165, 1.54) is 29.3 Å². The lowest BCUT2D eigenvalue weighted by Crippen LogP contribution is -2.32. The average molecular weight is 485 g/mol. The third kappa shape index (κ3) is 5.83. The maximum Gasteiger partial charge on any atom is 0.130 e. The van der Waals surface area contributed by atoms with E-state index in [1.807, 2.05) is 30.5 Å². The summed E-state index contributed by atoms with van der Waals surface area (Å²) in [6.45, 7) is 2.21. The van der Waals surface area contributed by atoms with Crippen LogP contribution in [-0.2, 0) is 32.6 Å². The number of hydrogen-bond donors (Lipinski definition) is 1. The van der Waals surface area contributed by atoms with Gasteiger partial charge in [-0.25, -0.2) is 8.78 Å². The number of nitrogens with one attached hydrogen (secondary N) is 1. The highest BCUT2D eigenvalue weighted by atomic mass is 19.1. The van der Waals surface area contributed by atoms with Crippen molar-refractivity contribution < 1.29 is 8.78 Å². The van der Waals surface area contributed by atoms with Crippen LogP contribution in [0, 0.1) is 11.6 Å². The smallest absolute Gasteiger partial charge is 0.130 e. The van der Waals surface area contributed by atoms with Crippen molar-refractivity contribution in [3.8, 4) is 0 Å². The molecule has 4 aromatic rings. The van der Waals surface area contributed by atoms with Crippen molar-refractivity contribution in [1.29, 1.82) is 0 Å². The van der Waals surface area contributed by atoms with E-state index in [0.29, 0.717) is 13.1 Å². The molecule has 1 N–H and O–H groups in total. The molecule has 0 saturated heterocycles. The fourth-order valence-electron chi connectivity index (χ4n) is 4.94. The Morgan fingerprint density at radius 2 is 1.56 bits per heavy atom. The number of benzene rings is 2. The predicted octanol–water partition coefficient (Wildman–Crippen LogP) is 6.12. The Balaban J connectivity index is 1.33. The van der Waals surface area contributed by atoms with E-state index in [2.05, 4.69) is 50.5 Å². The highest BCUT2D eigenvalue weighted by Gasteiger charge is 2.28. The van der Waals surface area contributed by atoms with Crippen molar-refractivity contribution in [3.63, 3.8) is 0 Å². The molecule has 0 bridgehead atoms. The molecule has 1 unspecified atom stereocenters. The molecule has 6 heteroatoms. The number of halogens is 2. The second-order valence-electron chi connectivity index (χ2n) is 9.30. The molecule has 1 aliphatic carbocycles. The number of pyridine rings is 2. The van der Waals surface area contributed by atoms with Crippen molar-refractivity contribution >= 4 is 0 Å². The lowest BCUT2D eigenvalue weighted by atomic mass is 9.90.